The first-order valence-electron chi connectivity index (χ1n) is 5.82. The summed E-state index contributed by atoms with van der Waals surface area (Å²) < 4.78 is 36.6. The van der Waals surface area contributed by atoms with Crippen molar-refractivity contribution < 1.29 is 32.6 Å². The summed E-state index contributed by atoms with van der Waals surface area (Å²) in [7, 11) is 0. The van der Waals surface area contributed by atoms with Gasteiger partial charge in [0.25, 0.3) is 5.56 Å². The lowest BCUT2D eigenvalue weighted by atomic mass is 10.2. The van der Waals surface area contributed by atoms with Crippen LogP contribution in [-0.4, -0.2) is 33.2 Å². The summed E-state index contributed by atoms with van der Waals surface area (Å²) in [5.74, 6) is -3.32. The number of benzene rings is 1. The number of ether oxygens (including phenoxy) is 1. The summed E-state index contributed by atoms with van der Waals surface area (Å²) in [6, 6.07) is 9.59. The van der Waals surface area contributed by atoms with E-state index in [0.29, 0.717) is 5.56 Å². The van der Waals surface area contributed by atoms with E-state index in [-0.39, 0.29) is 11.4 Å². The van der Waals surface area contributed by atoms with Crippen molar-refractivity contribution >= 4 is 11.9 Å². The van der Waals surface area contributed by atoms with Crippen LogP contribution in [0.15, 0.2) is 47.5 Å². The Morgan fingerprint density at radius 1 is 1.17 bits per heavy atom. The average molecular weight is 330 g/mol. The Kier molecular flexibility index (Phi) is 6.01. The number of carboxylic acid groups (broad SMARTS) is 1. The van der Waals surface area contributed by atoms with Crippen molar-refractivity contribution in [2.24, 2.45) is 0 Å². The van der Waals surface area contributed by atoms with E-state index >= 15 is 0 Å². The molecule has 0 amide bonds. The minimum Gasteiger partial charge on any atom is -0.475 e. The van der Waals surface area contributed by atoms with Crippen LogP contribution >= 0.6 is 0 Å². The third-order valence-electron chi connectivity index (χ3n) is 2.10. The Bertz CT molecular complexity index is 728. The monoisotopic (exact) mass is 330 g/mol. The molecule has 23 heavy (non-hydrogen) atoms. The minimum absolute atomic E-state index is 0.0161. The van der Waals surface area contributed by atoms with Crippen molar-refractivity contribution in [1.82, 2.24) is 9.97 Å². The van der Waals surface area contributed by atoms with Gasteiger partial charge >= 0.3 is 18.1 Å². The highest BCUT2D eigenvalue weighted by Crippen LogP contribution is 2.13. The number of nitrogens with one attached hydrogen (secondary N) is 1. The van der Waals surface area contributed by atoms with Crippen molar-refractivity contribution in [3.63, 3.8) is 0 Å². The summed E-state index contributed by atoms with van der Waals surface area (Å²) in [6.45, 7) is 0. The number of aromatic amines is 1. The predicted octanol–water partition coefficient (Wildman–Crippen LogP) is 1.62. The fourth-order valence-electron chi connectivity index (χ4n) is 1.13. The van der Waals surface area contributed by atoms with Crippen molar-refractivity contribution in [3.05, 3.63) is 58.6 Å². The van der Waals surface area contributed by atoms with E-state index in [1.165, 1.54) is 6.33 Å². The first-order valence-corrected chi connectivity index (χ1v) is 5.82. The van der Waals surface area contributed by atoms with Gasteiger partial charge in [0.15, 0.2) is 0 Å². The molecular formula is C13H9F3N2O5. The number of halogens is 3. The van der Waals surface area contributed by atoms with Crippen LogP contribution in [0.2, 0.25) is 0 Å². The third kappa shape index (κ3) is 6.42. The molecule has 2 aromatic rings. The second-order valence-electron chi connectivity index (χ2n) is 3.81. The predicted molar refractivity (Wildman–Crippen MR) is 69.9 cm³/mol. The molecular weight excluding hydrogens is 321 g/mol. The van der Waals surface area contributed by atoms with Crippen LogP contribution in [0.3, 0.4) is 0 Å². The number of carboxylic acids is 1. The summed E-state index contributed by atoms with van der Waals surface area (Å²) in [5, 5.41) is 7.12. The number of carbonyl (C=O) groups excluding carboxylic acids is 1. The van der Waals surface area contributed by atoms with Crippen LogP contribution < -0.4 is 10.3 Å². The topological polar surface area (TPSA) is 109 Å². The first kappa shape index (κ1) is 17.9. The van der Waals surface area contributed by atoms with Crippen molar-refractivity contribution in [1.29, 1.82) is 0 Å². The number of carbonyl (C=O) groups is 2. The summed E-state index contributed by atoms with van der Waals surface area (Å²) in [4.78, 5) is 37.4. The molecule has 0 atom stereocenters. The number of aliphatic carboxylic acids is 1. The van der Waals surface area contributed by atoms with Gasteiger partial charge in [-0.15, -0.1) is 0 Å². The first-order chi connectivity index (χ1) is 10.7. The van der Waals surface area contributed by atoms with Crippen LogP contribution in [-0.2, 0) is 4.79 Å². The molecule has 2 N–H and O–H groups in total. The smallest absolute Gasteiger partial charge is 0.475 e. The van der Waals surface area contributed by atoms with Gasteiger partial charge in [-0.05, 0) is 12.1 Å². The van der Waals surface area contributed by atoms with Crippen LogP contribution in [0, 0.1) is 0 Å². The quantitative estimate of drug-likeness (QED) is 0.810. The third-order valence-corrected chi connectivity index (χ3v) is 2.10. The van der Waals surface area contributed by atoms with E-state index in [9.17, 15) is 22.8 Å². The van der Waals surface area contributed by atoms with Gasteiger partial charge in [0.2, 0.25) is 5.88 Å². The zero-order chi connectivity index (χ0) is 17.5. The second-order valence-corrected chi connectivity index (χ2v) is 3.81. The lowest BCUT2D eigenvalue weighted by Gasteiger charge is -2.01. The van der Waals surface area contributed by atoms with Gasteiger partial charge in [-0.25, -0.2) is 14.6 Å². The zero-order valence-electron chi connectivity index (χ0n) is 11.2. The molecule has 1 heterocycles. The molecule has 0 aliphatic heterocycles. The van der Waals surface area contributed by atoms with E-state index in [1.807, 2.05) is 0 Å². The number of alkyl halides is 3. The van der Waals surface area contributed by atoms with Crippen molar-refractivity contribution in [3.8, 4) is 5.88 Å². The maximum Gasteiger partial charge on any atom is 0.490 e. The molecule has 10 heteroatoms. The van der Waals surface area contributed by atoms with Crippen LogP contribution in [0.25, 0.3) is 0 Å². The zero-order valence-corrected chi connectivity index (χ0v) is 11.2. The molecule has 122 valence electrons. The fourth-order valence-corrected chi connectivity index (χ4v) is 1.13. The number of aromatic nitrogens is 2. The molecule has 0 unspecified atom stereocenters. The SMILES string of the molecule is O=C(O)C(F)(F)F.O=C(Oc1cc(=O)[nH]cn1)c1ccccc1. The molecule has 7 nitrogen and oxygen atoms in total. The Morgan fingerprint density at radius 2 is 1.74 bits per heavy atom. The normalized spacial score (nSPS) is 10.2. The Balaban J connectivity index is 0.000000322. The molecule has 1 aromatic heterocycles. The Hall–Kier alpha value is -3.17. The van der Waals surface area contributed by atoms with E-state index in [1.54, 1.807) is 30.3 Å². The lowest BCUT2D eigenvalue weighted by molar-refractivity contribution is -0.192. The number of hydrogen-bond donors (Lipinski definition) is 2. The Morgan fingerprint density at radius 3 is 2.22 bits per heavy atom. The van der Waals surface area contributed by atoms with E-state index in [2.05, 4.69) is 9.97 Å². The van der Waals surface area contributed by atoms with Gasteiger partial charge in [0.1, 0.15) is 0 Å². The van der Waals surface area contributed by atoms with Crippen molar-refractivity contribution in [2.45, 2.75) is 6.18 Å². The van der Waals surface area contributed by atoms with E-state index in [4.69, 9.17) is 14.6 Å². The fraction of sp³-hybridized carbons (Fsp3) is 0.0769. The van der Waals surface area contributed by atoms with Gasteiger partial charge in [-0.2, -0.15) is 13.2 Å². The van der Waals surface area contributed by atoms with Crippen LogP contribution in [0.1, 0.15) is 10.4 Å². The molecule has 0 saturated heterocycles. The van der Waals surface area contributed by atoms with Crippen molar-refractivity contribution in [2.75, 3.05) is 0 Å². The summed E-state index contributed by atoms with van der Waals surface area (Å²) >= 11 is 0. The molecule has 0 spiro atoms. The lowest BCUT2D eigenvalue weighted by Crippen LogP contribution is -2.21. The van der Waals surface area contributed by atoms with E-state index in [0.717, 1.165) is 6.07 Å². The number of nitrogens with zero attached hydrogens (tertiary/aromatic N) is 1. The largest absolute Gasteiger partial charge is 0.490 e. The molecule has 0 fully saturated rings. The summed E-state index contributed by atoms with van der Waals surface area (Å²) in [5.41, 5.74) is 0.0374. The van der Waals surface area contributed by atoms with E-state index < -0.39 is 18.1 Å². The summed E-state index contributed by atoms with van der Waals surface area (Å²) in [6.07, 6.45) is -3.91. The molecule has 2 rings (SSSR count). The highest BCUT2D eigenvalue weighted by atomic mass is 19.4. The highest BCUT2D eigenvalue weighted by molar-refractivity contribution is 5.90. The highest BCUT2D eigenvalue weighted by Gasteiger charge is 2.38. The average Bonchev–Trinajstić information content (AvgIpc) is 2.48. The standard InChI is InChI=1S/C11H8N2O3.C2HF3O2/c14-9-6-10(13-7-12-9)16-11(15)8-4-2-1-3-5-8;3-2(4,5)1(6)7/h1-7H,(H,12,13,14);(H,6,7). The van der Waals surface area contributed by atoms with Gasteiger partial charge in [-0.3, -0.25) is 4.79 Å². The molecule has 1 aromatic carbocycles. The molecule has 0 aliphatic rings. The number of rotatable bonds is 2. The van der Waals surface area contributed by atoms with Gasteiger partial charge in [-0.1, -0.05) is 18.2 Å². The number of esters is 1. The molecule has 0 aliphatic carbocycles. The molecule has 0 saturated carbocycles. The van der Waals surface area contributed by atoms with Gasteiger partial charge in [0.05, 0.1) is 18.0 Å². The second kappa shape index (κ2) is 7.73. The van der Waals surface area contributed by atoms with Gasteiger partial charge in [0, 0.05) is 0 Å². The minimum atomic E-state index is -5.08. The van der Waals surface area contributed by atoms with Gasteiger partial charge < -0.3 is 14.8 Å². The molecule has 0 radical (unpaired) electrons. The Labute approximate surface area is 126 Å². The number of H-pyrrole nitrogens is 1. The van der Waals surface area contributed by atoms with Crippen LogP contribution in [0.5, 0.6) is 5.88 Å². The van der Waals surface area contributed by atoms with Crippen LogP contribution in [0.4, 0.5) is 13.2 Å². The maximum absolute atomic E-state index is 11.6. The molecule has 0 bridgehead atoms. The number of hydrogen-bond acceptors (Lipinski definition) is 5. The maximum atomic E-state index is 11.6.